The summed E-state index contributed by atoms with van der Waals surface area (Å²) < 4.78 is 76.4. The molecule has 0 aliphatic heterocycles. The second-order valence-electron chi connectivity index (χ2n) is 16.7. The summed E-state index contributed by atoms with van der Waals surface area (Å²) in [7, 11) is -3.65. The number of aromatic nitrogens is 8. The number of carbonyl (C=O) groups excluding carboxylic acids is 3. The normalized spacial score (nSPS) is 11.5. The van der Waals surface area contributed by atoms with Crippen molar-refractivity contribution in [1.29, 1.82) is 0 Å². The number of rotatable bonds is 33. The Kier molecular flexibility index (Phi) is 24.1. The lowest BCUT2D eigenvalue weighted by molar-refractivity contribution is -0.497. The molecule has 6 N–H and O–H groups in total. The van der Waals surface area contributed by atoms with E-state index in [1.54, 1.807) is 12.1 Å². The highest BCUT2D eigenvalue weighted by Crippen LogP contribution is 2.44. The molecule has 6 rings (SSSR count). The minimum atomic E-state index is -4.99. The highest BCUT2D eigenvalue weighted by atomic mass is 32.2. The van der Waals surface area contributed by atoms with Crippen molar-refractivity contribution in [3.05, 3.63) is 102 Å². The summed E-state index contributed by atoms with van der Waals surface area (Å²) in [5.41, 5.74) is 1.35. The standard InChI is InChI=1S/C47H56N12O22S/c1-31(2)35-16-17-39(49-27-35)82(69,70)56(30-77-47(62)75-21-7-9-23-79-58(65)66)43-40(81-38-11-5-4-10-37(38)71-3)44(72-24-25-73-45(60)33-14-12-32(13-15-33)28-80-59(67)68)51-41(50-43)34-18-19-48-36(26-34)42-52-53-54-55(42)29-76-46(61)74-20-6-8-22-78-57(63)64/h4-5,10-19,26-27,31,63-68H,6-9,20-25,28-30H2,1-3H3. The van der Waals surface area contributed by atoms with E-state index >= 15 is 8.42 Å². The molecule has 0 unspecified atom stereocenters. The van der Waals surface area contributed by atoms with Gasteiger partial charge in [0.1, 0.15) is 18.9 Å². The SMILES string of the molecule is COc1ccccc1Oc1c(OCCOC(=O)c2ccc(CON(O)O)cc2)nc(-c2ccnc(-c3nnnn3COC(=O)OCCCCON(O)O)c2)nc1N(COC(=O)OCCCCON(O)O)S(=O)(=O)c1ccc(C(C)C)cn1. The van der Waals surface area contributed by atoms with Gasteiger partial charge in [-0.1, -0.05) is 44.2 Å². The van der Waals surface area contributed by atoms with Gasteiger partial charge in [-0.25, -0.2) is 33.5 Å². The van der Waals surface area contributed by atoms with Crippen molar-refractivity contribution in [2.24, 2.45) is 0 Å². The van der Waals surface area contributed by atoms with Crippen molar-refractivity contribution < 1.29 is 106 Å². The number of methoxy groups -OCH3 is 1. The number of sulfonamides is 1. The molecule has 0 saturated heterocycles. The first-order valence-corrected chi connectivity index (χ1v) is 25.7. The molecule has 0 atom stereocenters. The van der Waals surface area contributed by atoms with Crippen LogP contribution in [0.3, 0.4) is 0 Å². The Hall–Kier alpha value is -8.43. The fourth-order valence-corrected chi connectivity index (χ4v) is 7.87. The average Bonchev–Trinajstić information content (AvgIpc) is 3.81. The first-order valence-electron chi connectivity index (χ1n) is 24.3. The summed E-state index contributed by atoms with van der Waals surface area (Å²) in [6.45, 7) is 0.194. The van der Waals surface area contributed by atoms with Gasteiger partial charge in [-0.15, -0.1) is 5.10 Å². The van der Waals surface area contributed by atoms with E-state index in [0.29, 0.717) is 21.9 Å². The molecule has 0 aliphatic carbocycles. The van der Waals surface area contributed by atoms with Crippen molar-refractivity contribution in [2.75, 3.05) is 57.8 Å². The third kappa shape index (κ3) is 19.1. The number of ether oxygens (including phenoxy) is 8. The molecule has 2 aromatic carbocycles. The smallest absolute Gasteiger partial charge is 0.493 e. The third-order valence-corrected chi connectivity index (χ3v) is 12.3. The number of para-hydroxylation sites is 2. The van der Waals surface area contributed by atoms with E-state index in [2.05, 4.69) is 45.0 Å². The Morgan fingerprint density at radius 2 is 1.35 bits per heavy atom. The molecule has 6 aromatic rings. The second kappa shape index (κ2) is 31.5. The van der Waals surface area contributed by atoms with Gasteiger partial charge < -0.3 is 37.9 Å². The number of anilines is 1. The van der Waals surface area contributed by atoms with Gasteiger partial charge in [0.25, 0.3) is 15.9 Å². The summed E-state index contributed by atoms with van der Waals surface area (Å²) in [4.78, 5) is 70.4. The van der Waals surface area contributed by atoms with Crippen LogP contribution >= 0.6 is 0 Å². The first-order chi connectivity index (χ1) is 39.4. The van der Waals surface area contributed by atoms with E-state index in [1.165, 1.54) is 80.2 Å². The van der Waals surface area contributed by atoms with Crippen LogP contribution in [-0.2, 0) is 61.6 Å². The van der Waals surface area contributed by atoms with E-state index in [1.807, 2.05) is 13.8 Å². The summed E-state index contributed by atoms with van der Waals surface area (Å²) in [6.07, 6.45) is 1.11. The van der Waals surface area contributed by atoms with Crippen LogP contribution in [0.1, 0.15) is 66.9 Å². The van der Waals surface area contributed by atoms with Crippen LogP contribution in [0.15, 0.2) is 90.2 Å². The number of hydrogen-bond acceptors (Lipinski definition) is 32. The van der Waals surface area contributed by atoms with Crippen LogP contribution in [0.25, 0.3) is 22.9 Å². The van der Waals surface area contributed by atoms with Crippen LogP contribution in [0, 0.1) is 0 Å². The van der Waals surface area contributed by atoms with Crippen LogP contribution in [0.2, 0.25) is 0 Å². The largest absolute Gasteiger partial charge is 0.510 e. The molecule has 0 amide bonds. The summed E-state index contributed by atoms with van der Waals surface area (Å²) in [5.74, 6) is -2.79. The average molecular weight is 1170 g/mol. The molecule has 82 heavy (non-hydrogen) atoms. The van der Waals surface area contributed by atoms with Crippen molar-refractivity contribution in [3.8, 4) is 46.0 Å². The molecule has 0 radical (unpaired) electrons. The molecule has 34 nitrogen and oxygen atoms in total. The van der Waals surface area contributed by atoms with Crippen molar-refractivity contribution in [1.82, 2.24) is 56.3 Å². The Bertz CT molecular complexity index is 3110. The first kappa shape index (κ1) is 62.8. The zero-order valence-corrected chi connectivity index (χ0v) is 44.7. The topological polar surface area (TPSA) is 416 Å². The minimum absolute atomic E-state index is 0.0270. The molecule has 0 fully saturated rings. The highest BCUT2D eigenvalue weighted by Gasteiger charge is 2.35. The predicted molar refractivity (Wildman–Crippen MR) is 266 cm³/mol. The highest BCUT2D eigenvalue weighted by molar-refractivity contribution is 7.92. The molecular weight excluding hydrogens is 1120 g/mol. The fraction of sp³-hybridized carbons (Fsp3) is 0.362. The van der Waals surface area contributed by atoms with Crippen LogP contribution < -0.4 is 18.5 Å². The number of tetrazole rings is 1. The van der Waals surface area contributed by atoms with Gasteiger partial charge in [0, 0.05) is 18.0 Å². The van der Waals surface area contributed by atoms with Crippen molar-refractivity contribution in [3.63, 3.8) is 0 Å². The van der Waals surface area contributed by atoms with Crippen LogP contribution in [0.5, 0.6) is 23.1 Å². The van der Waals surface area contributed by atoms with Gasteiger partial charge in [-0.05, 0) is 95.6 Å². The Morgan fingerprint density at radius 1 is 0.695 bits per heavy atom. The van der Waals surface area contributed by atoms with Gasteiger partial charge in [-0.2, -0.15) is 18.1 Å². The number of nitrogens with zero attached hydrogens (tertiary/aromatic N) is 12. The van der Waals surface area contributed by atoms with Gasteiger partial charge in [-0.3, -0.25) is 45.9 Å². The number of pyridine rings is 2. The van der Waals surface area contributed by atoms with E-state index in [9.17, 15) is 14.4 Å². The molecular formula is C47H56N12O22S. The molecule has 4 aromatic heterocycles. The summed E-state index contributed by atoms with van der Waals surface area (Å²) in [6, 6.07) is 17.5. The number of hydrogen-bond donors (Lipinski definition) is 6. The number of esters is 1. The molecule has 0 saturated carbocycles. The number of benzene rings is 2. The maximum atomic E-state index is 15.1. The Labute approximate surface area is 465 Å². The van der Waals surface area contributed by atoms with Gasteiger partial charge >= 0.3 is 18.3 Å². The zero-order chi connectivity index (χ0) is 59.0. The monoisotopic (exact) mass is 1170 g/mol. The Morgan fingerprint density at radius 3 is 1.99 bits per heavy atom. The van der Waals surface area contributed by atoms with Gasteiger partial charge in [0.05, 0.1) is 61.9 Å². The maximum Gasteiger partial charge on any atom is 0.510 e. The lowest BCUT2D eigenvalue weighted by atomic mass is 10.1. The molecule has 0 spiro atoms. The molecule has 35 heteroatoms. The van der Waals surface area contributed by atoms with Gasteiger partial charge in [0.15, 0.2) is 41.6 Å². The van der Waals surface area contributed by atoms with Crippen LogP contribution in [0.4, 0.5) is 15.4 Å². The van der Waals surface area contributed by atoms with Gasteiger partial charge in [0.2, 0.25) is 11.6 Å². The lowest BCUT2D eigenvalue weighted by Crippen LogP contribution is -2.36. The van der Waals surface area contributed by atoms with E-state index in [-0.39, 0.29) is 98.2 Å². The van der Waals surface area contributed by atoms with E-state index in [4.69, 9.17) is 74.1 Å². The second-order valence-corrected chi connectivity index (χ2v) is 18.5. The van der Waals surface area contributed by atoms with Crippen molar-refractivity contribution >= 4 is 34.1 Å². The number of unbranched alkanes of at least 4 members (excludes halogenated alkanes) is 2. The third-order valence-electron chi connectivity index (χ3n) is 10.7. The lowest BCUT2D eigenvalue weighted by Gasteiger charge is -2.26. The van der Waals surface area contributed by atoms with E-state index < -0.39 is 93.6 Å². The predicted octanol–water partition coefficient (Wildman–Crippen LogP) is 5.26. The maximum absolute atomic E-state index is 15.1. The fourth-order valence-electron chi connectivity index (χ4n) is 6.67. The molecule has 0 aliphatic rings. The zero-order valence-electron chi connectivity index (χ0n) is 43.8. The van der Waals surface area contributed by atoms with Crippen molar-refractivity contribution in [2.45, 2.75) is 63.8 Å². The summed E-state index contributed by atoms with van der Waals surface area (Å²) >= 11 is 0. The summed E-state index contributed by atoms with van der Waals surface area (Å²) in [5, 5.41) is 62.3. The molecule has 4 heterocycles. The van der Waals surface area contributed by atoms with Crippen LogP contribution in [-0.4, -0.2) is 168 Å². The van der Waals surface area contributed by atoms with E-state index in [0.717, 1.165) is 4.68 Å². The molecule has 0 bridgehead atoms. The minimum Gasteiger partial charge on any atom is -0.493 e. The Balaban J connectivity index is 1.41. The number of carbonyl (C=O) groups is 3. The molecule has 442 valence electrons. The quantitative estimate of drug-likeness (QED) is 0.0101.